The standard InChI is InChI=1S/C27H21NS/c1-16-8-4-5-9-18(16)20-13-24-21(12-17(20)2)22-15-27-23(14-25(22)28(24)3)19-10-6-7-11-26(19)29-27/h4-15H,1-3H3. The lowest BCUT2D eigenvalue weighted by Gasteiger charge is -2.10. The van der Waals surface area contributed by atoms with Crippen LogP contribution in [0.4, 0.5) is 0 Å². The first-order chi connectivity index (χ1) is 14.1. The molecule has 2 aromatic heterocycles. The van der Waals surface area contributed by atoms with Gasteiger partial charge >= 0.3 is 0 Å². The van der Waals surface area contributed by atoms with Gasteiger partial charge in [0, 0.05) is 49.0 Å². The number of nitrogens with zero attached hydrogens (tertiary/aromatic N) is 1. The lowest BCUT2D eigenvalue weighted by Crippen LogP contribution is -1.90. The zero-order valence-corrected chi connectivity index (χ0v) is 17.6. The summed E-state index contributed by atoms with van der Waals surface area (Å²) < 4.78 is 5.09. The van der Waals surface area contributed by atoms with Crippen molar-refractivity contribution in [2.45, 2.75) is 13.8 Å². The van der Waals surface area contributed by atoms with E-state index in [0.717, 1.165) is 0 Å². The minimum absolute atomic E-state index is 1.30. The van der Waals surface area contributed by atoms with Gasteiger partial charge in [-0.15, -0.1) is 11.3 Å². The lowest BCUT2D eigenvalue weighted by molar-refractivity contribution is 1.01. The van der Waals surface area contributed by atoms with Crippen LogP contribution in [0.2, 0.25) is 0 Å². The second kappa shape index (κ2) is 5.95. The zero-order valence-electron chi connectivity index (χ0n) is 16.8. The number of fused-ring (bicyclic) bond motifs is 6. The molecule has 0 unspecified atom stereocenters. The number of hydrogen-bond donors (Lipinski definition) is 0. The van der Waals surface area contributed by atoms with E-state index in [4.69, 9.17) is 0 Å². The fourth-order valence-electron chi connectivity index (χ4n) is 4.74. The molecule has 0 N–H and O–H groups in total. The number of aryl methyl sites for hydroxylation is 3. The molecule has 0 bridgehead atoms. The third-order valence-corrected chi connectivity index (χ3v) is 7.42. The molecular weight excluding hydrogens is 370 g/mol. The van der Waals surface area contributed by atoms with Crippen molar-refractivity contribution < 1.29 is 0 Å². The topological polar surface area (TPSA) is 4.93 Å². The molecule has 1 nitrogen and oxygen atoms in total. The average Bonchev–Trinajstić information content (AvgIpc) is 3.22. The molecule has 4 aromatic carbocycles. The third kappa shape index (κ3) is 2.33. The van der Waals surface area contributed by atoms with Crippen molar-refractivity contribution in [2.75, 3.05) is 0 Å². The molecule has 0 amide bonds. The molecular formula is C27H21NS. The summed E-state index contributed by atoms with van der Waals surface area (Å²) in [5.41, 5.74) is 7.90. The first-order valence-corrected chi connectivity index (χ1v) is 10.8. The number of aromatic nitrogens is 1. The van der Waals surface area contributed by atoms with E-state index in [1.165, 1.54) is 64.2 Å². The summed E-state index contributed by atoms with van der Waals surface area (Å²) in [4.78, 5) is 0. The number of benzene rings is 4. The molecule has 0 saturated heterocycles. The first-order valence-electron chi connectivity index (χ1n) is 10.0. The summed E-state index contributed by atoms with van der Waals surface area (Å²) in [6, 6.07) is 26.9. The van der Waals surface area contributed by atoms with Crippen LogP contribution in [0.3, 0.4) is 0 Å². The van der Waals surface area contributed by atoms with E-state index in [1.54, 1.807) is 0 Å². The Morgan fingerprint density at radius 3 is 2.17 bits per heavy atom. The van der Waals surface area contributed by atoms with Crippen LogP contribution < -0.4 is 0 Å². The molecule has 0 spiro atoms. The fourth-order valence-corrected chi connectivity index (χ4v) is 5.87. The van der Waals surface area contributed by atoms with Gasteiger partial charge in [-0.25, -0.2) is 0 Å². The van der Waals surface area contributed by atoms with E-state index < -0.39 is 0 Å². The van der Waals surface area contributed by atoms with Gasteiger partial charge in [0.2, 0.25) is 0 Å². The predicted octanol–water partition coefficient (Wildman–Crippen LogP) is 7.98. The van der Waals surface area contributed by atoms with Gasteiger partial charge in [-0.05, 0) is 66.4 Å². The van der Waals surface area contributed by atoms with Crippen molar-refractivity contribution in [2.24, 2.45) is 7.05 Å². The monoisotopic (exact) mass is 391 g/mol. The normalized spacial score (nSPS) is 12.0. The van der Waals surface area contributed by atoms with Crippen LogP contribution >= 0.6 is 11.3 Å². The van der Waals surface area contributed by atoms with Crippen LogP contribution in [-0.2, 0) is 7.05 Å². The summed E-state index contributed by atoms with van der Waals surface area (Å²) in [5.74, 6) is 0. The number of hydrogen-bond acceptors (Lipinski definition) is 1. The van der Waals surface area contributed by atoms with E-state index in [-0.39, 0.29) is 0 Å². The predicted molar refractivity (Wildman–Crippen MR) is 128 cm³/mol. The summed E-state index contributed by atoms with van der Waals surface area (Å²) in [6.45, 7) is 4.43. The molecule has 0 aliphatic rings. The average molecular weight is 392 g/mol. The van der Waals surface area contributed by atoms with Gasteiger partial charge in [-0.1, -0.05) is 42.5 Å². The molecule has 2 heterocycles. The Morgan fingerprint density at radius 1 is 0.586 bits per heavy atom. The van der Waals surface area contributed by atoms with E-state index in [0.29, 0.717) is 0 Å². The van der Waals surface area contributed by atoms with Crippen LogP contribution in [0, 0.1) is 13.8 Å². The highest BCUT2D eigenvalue weighted by Crippen LogP contribution is 2.40. The van der Waals surface area contributed by atoms with E-state index >= 15 is 0 Å². The molecule has 0 fully saturated rings. The summed E-state index contributed by atoms with van der Waals surface area (Å²) in [7, 11) is 2.20. The van der Waals surface area contributed by atoms with Crippen molar-refractivity contribution in [3.05, 3.63) is 83.9 Å². The minimum atomic E-state index is 1.30. The van der Waals surface area contributed by atoms with Gasteiger partial charge in [0.15, 0.2) is 0 Å². The molecule has 0 atom stereocenters. The quantitative estimate of drug-likeness (QED) is 0.268. The smallest absolute Gasteiger partial charge is 0.0495 e. The van der Waals surface area contributed by atoms with Crippen LogP contribution in [0.5, 0.6) is 0 Å². The minimum Gasteiger partial charge on any atom is -0.344 e. The Kier molecular flexibility index (Phi) is 3.45. The molecule has 2 heteroatoms. The Labute approximate surface area is 173 Å². The number of rotatable bonds is 1. The Bertz CT molecular complexity index is 1580. The second-order valence-corrected chi connectivity index (χ2v) is 9.11. The van der Waals surface area contributed by atoms with Crippen molar-refractivity contribution in [3.8, 4) is 11.1 Å². The second-order valence-electron chi connectivity index (χ2n) is 8.02. The largest absolute Gasteiger partial charge is 0.344 e. The first kappa shape index (κ1) is 16.8. The maximum atomic E-state index is 2.39. The SMILES string of the molecule is Cc1ccccc1-c1cc2c(cc1C)c1cc3sc4ccccc4c3cc1n2C. The van der Waals surface area contributed by atoms with Gasteiger partial charge < -0.3 is 4.57 Å². The van der Waals surface area contributed by atoms with Crippen LogP contribution in [0.15, 0.2) is 72.8 Å². The van der Waals surface area contributed by atoms with Crippen molar-refractivity contribution in [1.82, 2.24) is 4.57 Å². The molecule has 29 heavy (non-hydrogen) atoms. The highest BCUT2D eigenvalue weighted by molar-refractivity contribution is 7.25. The van der Waals surface area contributed by atoms with E-state index in [9.17, 15) is 0 Å². The summed E-state index contributed by atoms with van der Waals surface area (Å²) in [5, 5.41) is 5.41. The summed E-state index contributed by atoms with van der Waals surface area (Å²) in [6.07, 6.45) is 0. The zero-order chi connectivity index (χ0) is 19.7. The van der Waals surface area contributed by atoms with Crippen LogP contribution in [0.1, 0.15) is 11.1 Å². The van der Waals surface area contributed by atoms with Crippen molar-refractivity contribution in [3.63, 3.8) is 0 Å². The van der Waals surface area contributed by atoms with Crippen molar-refractivity contribution >= 4 is 53.3 Å². The molecule has 140 valence electrons. The maximum absolute atomic E-state index is 2.39. The Morgan fingerprint density at radius 2 is 1.31 bits per heavy atom. The van der Waals surface area contributed by atoms with Gasteiger partial charge in [-0.3, -0.25) is 0 Å². The molecule has 0 saturated carbocycles. The maximum Gasteiger partial charge on any atom is 0.0495 e. The molecule has 6 rings (SSSR count). The molecule has 0 aliphatic carbocycles. The van der Waals surface area contributed by atoms with E-state index in [1.807, 2.05) is 11.3 Å². The Balaban J connectivity index is 1.72. The highest BCUT2D eigenvalue weighted by Gasteiger charge is 2.15. The van der Waals surface area contributed by atoms with Crippen molar-refractivity contribution in [1.29, 1.82) is 0 Å². The summed E-state index contributed by atoms with van der Waals surface area (Å²) >= 11 is 1.89. The van der Waals surface area contributed by atoms with Gasteiger partial charge in [-0.2, -0.15) is 0 Å². The van der Waals surface area contributed by atoms with Crippen LogP contribution in [0.25, 0.3) is 53.1 Å². The fraction of sp³-hybridized carbons (Fsp3) is 0.111. The highest BCUT2D eigenvalue weighted by atomic mass is 32.1. The molecule has 0 aliphatic heterocycles. The molecule has 0 radical (unpaired) electrons. The molecule has 6 aromatic rings. The number of thiophene rings is 1. The van der Waals surface area contributed by atoms with Gasteiger partial charge in [0.25, 0.3) is 0 Å². The third-order valence-electron chi connectivity index (χ3n) is 6.29. The van der Waals surface area contributed by atoms with Crippen LogP contribution in [-0.4, -0.2) is 4.57 Å². The van der Waals surface area contributed by atoms with Gasteiger partial charge in [0.1, 0.15) is 0 Å². The Hall–Kier alpha value is -3.10. The van der Waals surface area contributed by atoms with E-state index in [2.05, 4.69) is 98.3 Å². The lowest BCUT2D eigenvalue weighted by atomic mass is 9.95. The van der Waals surface area contributed by atoms with Gasteiger partial charge in [0.05, 0.1) is 0 Å².